The molecule has 2 rings (SSSR count). The summed E-state index contributed by atoms with van der Waals surface area (Å²) in [4.78, 5) is 22.1. The molecule has 0 saturated heterocycles. The summed E-state index contributed by atoms with van der Waals surface area (Å²) in [6.45, 7) is 5.42. The Morgan fingerprint density at radius 2 is 2.10 bits per heavy atom. The summed E-state index contributed by atoms with van der Waals surface area (Å²) in [6.07, 6.45) is 1.03. The topological polar surface area (TPSA) is 96.3 Å². The number of nitro benzene ring substituents is 1. The van der Waals surface area contributed by atoms with Crippen LogP contribution in [0.1, 0.15) is 25.8 Å². The number of aryl methyl sites for hydroxylation is 1. The summed E-state index contributed by atoms with van der Waals surface area (Å²) in [7, 11) is 0. The van der Waals surface area contributed by atoms with Crippen LogP contribution >= 0.6 is 0 Å². The third kappa shape index (κ3) is 3.91. The third-order valence-electron chi connectivity index (χ3n) is 3.31. The van der Waals surface area contributed by atoms with Gasteiger partial charge in [-0.2, -0.15) is 0 Å². The van der Waals surface area contributed by atoms with E-state index in [0.29, 0.717) is 36.8 Å². The maximum atomic E-state index is 11.4. The van der Waals surface area contributed by atoms with Crippen molar-refractivity contribution in [1.82, 2.24) is 5.32 Å². The lowest BCUT2D eigenvalue weighted by Gasteiger charge is -2.18. The molecule has 1 aliphatic heterocycles. The summed E-state index contributed by atoms with van der Waals surface area (Å²) in [6, 6.07) is 3.58. The van der Waals surface area contributed by atoms with Crippen LogP contribution in [0.3, 0.4) is 0 Å². The minimum absolute atomic E-state index is 0.0134. The highest BCUT2D eigenvalue weighted by molar-refractivity contribution is 5.95. The first-order chi connectivity index (χ1) is 9.97. The Labute approximate surface area is 123 Å². The second-order valence-corrected chi connectivity index (χ2v) is 5.37. The van der Waals surface area contributed by atoms with Crippen LogP contribution in [-0.4, -0.2) is 30.0 Å². The van der Waals surface area contributed by atoms with Gasteiger partial charge in [-0.15, -0.1) is 0 Å². The van der Waals surface area contributed by atoms with Crippen molar-refractivity contribution in [1.29, 1.82) is 0 Å². The first-order valence-electron chi connectivity index (χ1n) is 7.06. The van der Waals surface area contributed by atoms with E-state index in [-0.39, 0.29) is 11.6 Å². The monoisotopic (exact) mass is 292 g/mol. The molecule has 1 aromatic carbocycles. The van der Waals surface area contributed by atoms with E-state index in [1.165, 1.54) is 6.07 Å². The lowest BCUT2D eigenvalue weighted by atomic mass is 10.0. The standard InChI is InChI=1S/C14H20N4O3/c1-9(2)15-5-6-16-12-7-10-3-4-14(19)17-11(10)8-13(12)18(20)21/h7-9,15-16H,3-6H2,1-2H3,(H,17,19). The number of amides is 1. The number of hydrogen-bond acceptors (Lipinski definition) is 5. The first-order valence-corrected chi connectivity index (χ1v) is 7.06. The van der Waals surface area contributed by atoms with E-state index >= 15 is 0 Å². The number of fused-ring (bicyclic) bond motifs is 1. The molecule has 0 unspecified atom stereocenters. The Morgan fingerprint density at radius 3 is 2.76 bits per heavy atom. The molecule has 1 heterocycles. The number of nitro groups is 1. The highest BCUT2D eigenvalue weighted by Gasteiger charge is 2.22. The van der Waals surface area contributed by atoms with E-state index in [1.807, 2.05) is 13.8 Å². The van der Waals surface area contributed by atoms with Gasteiger partial charge in [0.2, 0.25) is 5.91 Å². The largest absolute Gasteiger partial charge is 0.378 e. The van der Waals surface area contributed by atoms with Crippen molar-refractivity contribution in [2.45, 2.75) is 32.7 Å². The molecule has 0 spiro atoms. The molecule has 21 heavy (non-hydrogen) atoms. The zero-order valence-corrected chi connectivity index (χ0v) is 12.2. The second-order valence-electron chi connectivity index (χ2n) is 5.37. The fraction of sp³-hybridized carbons (Fsp3) is 0.500. The van der Waals surface area contributed by atoms with Gasteiger partial charge in [0.15, 0.2) is 0 Å². The van der Waals surface area contributed by atoms with Gasteiger partial charge in [0.25, 0.3) is 5.69 Å². The Hall–Kier alpha value is -2.15. The first kappa shape index (κ1) is 15.2. The number of hydrogen-bond donors (Lipinski definition) is 3. The van der Waals surface area contributed by atoms with Crippen molar-refractivity contribution in [3.63, 3.8) is 0 Å². The van der Waals surface area contributed by atoms with Crippen LogP contribution in [0.4, 0.5) is 17.1 Å². The van der Waals surface area contributed by atoms with Crippen LogP contribution in [0.2, 0.25) is 0 Å². The van der Waals surface area contributed by atoms with Crippen LogP contribution in [-0.2, 0) is 11.2 Å². The van der Waals surface area contributed by atoms with Gasteiger partial charge in [0.05, 0.1) is 10.6 Å². The number of nitrogens with one attached hydrogen (secondary N) is 3. The van der Waals surface area contributed by atoms with E-state index in [1.54, 1.807) is 6.07 Å². The number of anilines is 2. The molecule has 0 aromatic heterocycles. The van der Waals surface area contributed by atoms with E-state index in [0.717, 1.165) is 12.1 Å². The number of benzene rings is 1. The third-order valence-corrected chi connectivity index (χ3v) is 3.31. The van der Waals surface area contributed by atoms with E-state index < -0.39 is 4.92 Å². The molecule has 0 bridgehead atoms. The Morgan fingerprint density at radius 1 is 1.33 bits per heavy atom. The van der Waals surface area contributed by atoms with Crippen LogP contribution < -0.4 is 16.0 Å². The average molecular weight is 292 g/mol. The highest BCUT2D eigenvalue weighted by atomic mass is 16.6. The quantitative estimate of drug-likeness (QED) is 0.423. The van der Waals surface area contributed by atoms with Crippen molar-refractivity contribution in [3.8, 4) is 0 Å². The molecule has 0 radical (unpaired) electrons. The summed E-state index contributed by atoms with van der Waals surface area (Å²) in [5.41, 5.74) is 1.96. The van der Waals surface area contributed by atoms with Gasteiger partial charge in [-0.05, 0) is 18.1 Å². The zero-order chi connectivity index (χ0) is 15.4. The predicted molar refractivity (Wildman–Crippen MR) is 81.7 cm³/mol. The van der Waals surface area contributed by atoms with Crippen molar-refractivity contribution >= 4 is 23.0 Å². The van der Waals surface area contributed by atoms with Crippen molar-refractivity contribution in [2.24, 2.45) is 0 Å². The molecule has 114 valence electrons. The summed E-state index contributed by atoms with van der Waals surface area (Å²) in [5.74, 6) is -0.0985. The zero-order valence-electron chi connectivity index (χ0n) is 12.2. The van der Waals surface area contributed by atoms with Gasteiger partial charge < -0.3 is 16.0 Å². The molecular weight excluding hydrogens is 272 g/mol. The van der Waals surface area contributed by atoms with E-state index in [2.05, 4.69) is 16.0 Å². The molecule has 1 aromatic rings. The van der Waals surface area contributed by atoms with Crippen molar-refractivity contribution in [2.75, 3.05) is 23.7 Å². The fourth-order valence-electron chi connectivity index (χ4n) is 2.27. The molecule has 3 N–H and O–H groups in total. The van der Waals surface area contributed by atoms with Gasteiger partial charge in [-0.1, -0.05) is 13.8 Å². The van der Waals surface area contributed by atoms with E-state index in [9.17, 15) is 14.9 Å². The van der Waals surface area contributed by atoms with Gasteiger partial charge in [-0.25, -0.2) is 0 Å². The number of nitrogens with zero attached hydrogens (tertiary/aromatic N) is 1. The normalized spacial score (nSPS) is 13.8. The SMILES string of the molecule is CC(C)NCCNc1cc2c(cc1[N+](=O)[O-])NC(=O)CC2. The van der Waals surface area contributed by atoms with Crippen LogP contribution in [0.25, 0.3) is 0 Å². The molecule has 1 amide bonds. The lowest BCUT2D eigenvalue weighted by Crippen LogP contribution is -2.28. The minimum Gasteiger partial charge on any atom is -0.378 e. The Bertz CT molecular complexity index is 557. The van der Waals surface area contributed by atoms with Gasteiger partial charge in [0, 0.05) is 31.6 Å². The van der Waals surface area contributed by atoms with Crippen LogP contribution in [0, 0.1) is 10.1 Å². The fourth-order valence-corrected chi connectivity index (χ4v) is 2.27. The molecule has 0 atom stereocenters. The number of carbonyl (C=O) groups is 1. The summed E-state index contributed by atoms with van der Waals surface area (Å²) >= 11 is 0. The lowest BCUT2D eigenvalue weighted by molar-refractivity contribution is -0.383. The Balaban J connectivity index is 2.15. The maximum Gasteiger partial charge on any atom is 0.294 e. The molecule has 0 aliphatic carbocycles. The van der Waals surface area contributed by atoms with Crippen LogP contribution in [0.15, 0.2) is 12.1 Å². The van der Waals surface area contributed by atoms with Crippen molar-refractivity contribution in [3.05, 3.63) is 27.8 Å². The molecule has 0 fully saturated rings. The van der Waals surface area contributed by atoms with Gasteiger partial charge >= 0.3 is 0 Å². The second kappa shape index (κ2) is 6.53. The predicted octanol–water partition coefficient (Wildman–Crippen LogP) is 1.89. The minimum atomic E-state index is -0.431. The smallest absolute Gasteiger partial charge is 0.294 e. The molecule has 7 heteroatoms. The summed E-state index contributed by atoms with van der Waals surface area (Å²) in [5, 5.41) is 20.2. The average Bonchev–Trinajstić information content (AvgIpc) is 2.42. The number of rotatable bonds is 6. The van der Waals surface area contributed by atoms with E-state index in [4.69, 9.17) is 0 Å². The van der Waals surface area contributed by atoms with Gasteiger partial charge in [0.1, 0.15) is 5.69 Å². The molecular formula is C14H20N4O3. The highest BCUT2D eigenvalue weighted by Crippen LogP contribution is 2.33. The van der Waals surface area contributed by atoms with Gasteiger partial charge in [-0.3, -0.25) is 14.9 Å². The molecule has 1 aliphatic rings. The maximum absolute atomic E-state index is 11.4. The van der Waals surface area contributed by atoms with Crippen LogP contribution in [0.5, 0.6) is 0 Å². The van der Waals surface area contributed by atoms with Crippen molar-refractivity contribution < 1.29 is 9.72 Å². The molecule has 0 saturated carbocycles. The number of carbonyl (C=O) groups excluding carboxylic acids is 1. The summed E-state index contributed by atoms with van der Waals surface area (Å²) < 4.78 is 0. The Kier molecular flexibility index (Phi) is 4.74. The molecule has 7 nitrogen and oxygen atoms in total.